The number of ether oxygens (including phenoxy) is 1. The molecular weight excluding hydrogens is 374 g/mol. The zero-order valence-corrected chi connectivity index (χ0v) is 14.7. The molecule has 3 N–H and O–H groups in total. The molecule has 3 aromatic rings. The average Bonchev–Trinajstić information content (AvgIpc) is 3.19. The molecule has 0 aliphatic rings. The van der Waals surface area contributed by atoms with Gasteiger partial charge in [0.25, 0.3) is 5.91 Å². The lowest BCUT2D eigenvalue weighted by molar-refractivity contribution is -0.383. The van der Waals surface area contributed by atoms with Crippen LogP contribution in [0.3, 0.4) is 0 Å². The largest absolute Gasteiger partial charge is 0.496 e. The van der Waals surface area contributed by atoms with Crippen LogP contribution >= 0.6 is 11.3 Å². The third-order valence-corrected chi connectivity index (χ3v) is 4.00. The van der Waals surface area contributed by atoms with E-state index in [-0.39, 0.29) is 17.2 Å². The predicted molar refractivity (Wildman–Crippen MR) is 98.2 cm³/mol. The Balaban J connectivity index is 1.82. The number of para-hydroxylation sites is 1. The third-order valence-electron chi connectivity index (χ3n) is 3.31. The van der Waals surface area contributed by atoms with Gasteiger partial charge in [0.1, 0.15) is 12.1 Å². The summed E-state index contributed by atoms with van der Waals surface area (Å²) in [6.07, 6.45) is 2.67. The second kappa shape index (κ2) is 8.05. The SMILES string of the molecule is COc1ccccc1C(=O)NNc1ncnc(Nc2nccs2)c1[N+](=O)[O-]. The topological polar surface area (TPSA) is 144 Å². The number of carbonyl (C=O) groups excluding carboxylic acids is 1. The summed E-state index contributed by atoms with van der Waals surface area (Å²) in [5.74, 6) is -0.425. The van der Waals surface area contributed by atoms with Crippen LogP contribution in [0.2, 0.25) is 0 Å². The van der Waals surface area contributed by atoms with E-state index in [2.05, 4.69) is 31.1 Å². The van der Waals surface area contributed by atoms with Crippen molar-refractivity contribution >= 4 is 39.7 Å². The van der Waals surface area contributed by atoms with E-state index in [1.54, 1.807) is 35.8 Å². The van der Waals surface area contributed by atoms with Crippen molar-refractivity contribution in [1.82, 2.24) is 20.4 Å². The maximum atomic E-state index is 12.3. The van der Waals surface area contributed by atoms with Gasteiger partial charge in [-0.05, 0) is 12.1 Å². The molecule has 2 aromatic heterocycles. The van der Waals surface area contributed by atoms with E-state index in [1.165, 1.54) is 18.4 Å². The van der Waals surface area contributed by atoms with Gasteiger partial charge in [0.05, 0.1) is 17.6 Å². The standard InChI is InChI=1S/C15H13N7O4S/c1-26-10-5-3-2-4-9(10)14(23)21-20-13-11(22(24)25)12(17-8-18-13)19-15-16-6-7-27-15/h2-8H,1H3,(H,21,23)(H2,16,17,18,19,20). The number of aromatic nitrogens is 3. The summed E-state index contributed by atoms with van der Waals surface area (Å²) in [5.41, 5.74) is 4.64. The van der Waals surface area contributed by atoms with Gasteiger partial charge in [-0.2, -0.15) is 0 Å². The van der Waals surface area contributed by atoms with Crippen molar-refractivity contribution in [2.45, 2.75) is 0 Å². The molecule has 2 heterocycles. The molecule has 11 nitrogen and oxygen atoms in total. The van der Waals surface area contributed by atoms with Crippen LogP contribution in [0.5, 0.6) is 5.75 Å². The third kappa shape index (κ3) is 4.07. The summed E-state index contributed by atoms with van der Waals surface area (Å²) in [5, 5.41) is 16.4. The van der Waals surface area contributed by atoms with Gasteiger partial charge < -0.3 is 10.1 Å². The first kappa shape index (κ1) is 18.0. The zero-order chi connectivity index (χ0) is 19.2. The van der Waals surface area contributed by atoms with Crippen LogP contribution in [-0.2, 0) is 0 Å². The van der Waals surface area contributed by atoms with Crippen molar-refractivity contribution < 1.29 is 14.5 Å². The first-order valence-corrected chi connectivity index (χ1v) is 8.33. The maximum Gasteiger partial charge on any atom is 0.355 e. The minimum atomic E-state index is -0.659. The van der Waals surface area contributed by atoms with E-state index in [1.807, 2.05) is 0 Å². The molecule has 1 aromatic carbocycles. The first-order valence-electron chi connectivity index (χ1n) is 7.45. The maximum absolute atomic E-state index is 12.3. The van der Waals surface area contributed by atoms with Crippen LogP contribution in [0.1, 0.15) is 10.4 Å². The van der Waals surface area contributed by atoms with Crippen molar-refractivity contribution in [1.29, 1.82) is 0 Å². The van der Waals surface area contributed by atoms with Gasteiger partial charge in [-0.25, -0.2) is 15.0 Å². The summed E-state index contributed by atoms with van der Waals surface area (Å²) in [4.78, 5) is 34.9. The quantitative estimate of drug-likeness (QED) is 0.411. The number of nitrogens with zero attached hydrogens (tertiary/aromatic N) is 4. The number of thiazole rings is 1. The van der Waals surface area contributed by atoms with E-state index < -0.39 is 16.5 Å². The number of hydrazine groups is 1. The van der Waals surface area contributed by atoms with Crippen LogP contribution < -0.4 is 20.9 Å². The highest BCUT2D eigenvalue weighted by Crippen LogP contribution is 2.31. The molecule has 138 valence electrons. The number of rotatable bonds is 7. The van der Waals surface area contributed by atoms with Crippen molar-refractivity contribution in [3.05, 3.63) is 57.8 Å². The Bertz CT molecular complexity index is 965. The Kier molecular flexibility index (Phi) is 5.37. The fraction of sp³-hybridized carbons (Fsp3) is 0.0667. The number of nitro groups is 1. The molecule has 0 aliphatic heterocycles. The molecule has 3 rings (SSSR count). The van der Waals surface area contributed by atoms with Crippen molar-refractivity contribution in [2.24, 2.45) is 0 Å². The Morgan fingerprint density at radius 1 is 1.22 bits per heavy atom. The van der Waals surface area contributed by atoms with Gasteiger partial charge in [0, 0.05) is 11.6 Å². The molecule has 1 amide bonds. The van der Waals surface area contributed by atoms with Crippen molar-refractivity contribution in [3.8, 4) is 5.75 Å². The molecule has 27 heavy (non-hydrogen) atoms. The lowest BCUT2D eigenvalue weighted by Gasteiger charge is -2.11. The summed E-state index contributed by atoms with van der Waals surface area (Å²) in [6, 6.07) is 6.56. The van der Waals surface area contributed by atoms with Gasteiger partial charge >= 0.3 is 5.69 Å². The van der Waals surface area contributed by atoms with Crippen LogP contribution in [0.25, 0.3) is 0 Å². The van der Waals surface area contributed by atoms with Crippen LogP contribution in [0.4, 0.5) is 22.5 Å². The minimum Gasteiger partial charge on any atom is -0.496 e. The number of methoxy groups -OCH3 is 1. The van der Waals surface area contributed by atoms with Crippen LogP contribution in [-0.4, -0.2) is 32.9 Å². The Labute approximate surface area is 156 Å². The van der Waals surface area contributed by atoms with Crippen LogP contribution in [0, 0.1) is 10.1 Å². The zero-order valence-electron chi connectivity index (χ0n) is 13.9. The predicted octanol–water partition coefficient (Wildman–Crippen LogP) is 2.35. The lowest BCUT2D eigenvalue weighted by Crippen LogP contribution is -2.30. The lowest BCUT2D eigenvalue weighted by atomic mass is 10.2. The molecule has 0 saturated carbocycles. The fourth-order valence-electron chi connectivity index (χ4n) is 2.14. The van der Waals surface area contributed by atoms with Gasteiger partial charge in [0.15, 0.2) is 5.13 Å². The molecular formula is C15H13N7O4S. The molecule has 0 aliphatic carbocycles. The van der Waals surface area contributed by atoms with Crippen LogP contribution in [0.15, 0.2) is 42.2 Å². The smallest absolute Gasteiger partial charge is 0.355 e. The normalized spacial score (nSPS) is 10.1. The number of anilines is 3. The van der Waals surface area contributed by atoms with Gasteiger partial charge in [0.2, 0.25) is 11.6 Å². The Morgan fingerprint density at radius 2 is 2.00 bits per heavy atom. The Morgan fingerprint density at radius 3 is 2.70 bits per heavy atom. The summed E-state index contributed by atoms with van der Waals surface area (Å²) in [6.45, 7) is 0. The van der Waals surface area contributed by atoms with Crippen molar-refractivity contribution in [3.63, 3.8) is 0 Å². The van der Waals surface area contributed by atoms with Gasteiger partial charge in [-0.1, -0.05) is 12.1 Å². The molecule has 0 spiro atoms. The number of nitrogens with one attached hydrogen (secondary N) is 3. The van der Waals surface area contributed by atoms with E-state index in [0.717, 1.165) is 6.33 Å². The highest BCUT2D eigenvalue weighted by Gasteiger charge is 2.24. The molecule has 0 radical (unpaired) electrons. The highest BCUT2D eigenvalue weighted by molar-refractivity contribution is 7.13. The molecule has 12 heteroatoms. The summed E-state index contributed by atoms with van der Waals surface area (Å²) in [7, 11) is 1.44. The number of amides is 1. The van der Waals surface area contributed by atoms with E-state index >= 15 is 0 Å². The number of hydrogen-bond donors (Lipinski definition) is 3. The number of carbonyl (C=O) groups is 1. The number of benzene rings is 1. The highest BCUT2D eigenvalue weighted by atomic mass is 32.1. The second-order valence-corrected chi connectivity index (χ2v) is 5.81. The van der Waals surface area contributed by atoms with E-state index in [9.17, 15) is 14.9 Å². The van der Waals surface area contributed by atoms with E-state index in [0.29, 0.717) is 10.9 Å². The molecule has 0 fully saturated rings. The minimum absolute atomic E-state index is 0.0565. The number of hydrogen-bond acceptors (Lipinski definition) is 10. The van der Waals surface area contributed by atoms with E-state index in [4.69, 9.17) is 4.74 Å². The Hall–Kier alpha value is -3.80. The van der Waals surface area contributed by atoms with Gasteiger partial charge in [-0.15, -0.1) is 11.3 Å². The van der Waals surface area contributed by atoms with Gasteiger partial charge in [-0.3, -0.25) is 25.8 Å². The summed E-state index contributed by atoms with van der Waals surface area (Å²) < 4.78 is 5.12. The molecule has 0 bridgehead atoms. The second-order valence-electron chi connectivity index (χ2n) is 4.92. The summed E-state index contributed by atoms with van der Waals surface area (Å²) >= 11 is 1.25. The first-order chi connectivity index (χ1) is 13.1. The molecule has 0 unspecified atom stereocenters. The molecule has 0 saturated heterocycles. The van der Waals surface area contributed by atoms with Crippen molar-refractivity contribution in [2.75, 3.05) is 17.9 Å². The fourth-order valence-corrected chi connectivity index (χ4v) is 2.66. The molecule has 0 atom stereocenters. The average molecular weight is 387 g/mol. The monoisotopic (exact) mass is 387 g/mol.